The normalized spacial score (nSPS) is 12.7. The van der Waals surface area contributed by atoms with Crippen molar-refractivity contribution in [3.63, 3.8) is 0 Å². The van der Waals surface area contributed by atoms with Crippen molar-refractivity contribution in [3.8, 4) is 0 Å². The van der Waals surface area contributed by atoms with Crippen LogP contribution in [0.15, 0.2) is 37.0 Å². The van der Waals surface area contributed by atoms with E-state index >= 15 is 0 Å². The lowest BCUT2D eigenvalue weighted by atomic mass is 10.1. The zero-order chi connectivity index (χ0) is 14.0. The highest BCUT2D eigenvalue weighted by Gasteiger charge is 2.19. The van der Waals surface area contributed by atoms with Crippen molar-refractivity contribution in [2.45, 2.75) is 13.0 Å². The molecule has 1 aromatic carbocycles. The first-order chi connectivity index (χ1) is 9.02. The van der Waals surface area contributed by atoms with Crippen LogP contribution in [0.5, 0.6) is 0 Å². The fourth-order valence-electron chi connectivity index (χ4n) is 1.81. The lowest BCUT2D eigenvalue weighted by molar-refractivity contribution is 0.637. The van der Waals surface area contributed by atoms with Gasteiger partial charge in [-0.3, -0.25) is 0 Å². The maximum Gasteiger partial charge on any atom is 0.0888 e. The van der Waals surface area contributed by atoms with Gasteiger partial charge in [-0.1, -0.05) is 50.4 Å². The molecule has 1 heterocycles. The van der Waals surface area contributed by atoms with E-state index in [1.165, 1.54) is 10.4 Å². The summed E-state index contributed by atoms with van der Waals surface area (Å²) in [7, 11) is 0. The molecule has 1 unspecified atom stereocenters. The fraction of sp³-hybridized carbons (Fsp3) is 0.231. The molecule has 0 fully saturated rings. The van der Waals surface area contributed by atoms with Crippen molar-refractivity contribution < 1.29 is 0 Å². The van der Waals surface area contributed by atoms with Gasteiger partial charge in [0.25, 0.3) is 0 Å². The minimum atomic E-state index is 0.130. The van der Waals surface area contributed by atoms with Gasteiger partial charge in [-0.25, -0.2) is 0 Å². The second kappa shape index (κ2) is 7.05. The van der Waals surface area contributed by atoms with Crippen molar-refractivity contribution in [2.75, 3.05) is 6.54 Å². The van der Waals surface area contributed by atoms with E-state index in [-0.39, 0.29) is 6.04 Å². The molecule has 6 heteroatoms. The second-order valence-corrected chi connectivity index (χ2v) is 8.51. The molecule has 0 aliphatic carbocycles. The number of rotatable bonds is 4. The summed E-state index contributed by atoms with van der Waals surface area (Å²) in [6.07, 6.45) is 0. The average molecular weight is 488 g/mol. The van der Waals surface area contributed by atoms with Gasteiger partial charge in [0.05, 0.1) is 14.9 Å². The molecule has 0 spiro atoms. The van der Waals surface area contributed by atoms with Gasteiger partial charge in [0, 0.05) is 13.8 Å². The van der Waals surface area contributed by atoms with E-state index in [0.717, 1.165) is 24.3 Å². The molecule has 0 aliphatic heterocycles. The van der Waals surface area contributed by atoms with Crippen molar-refractivity contribution in [3.05, 3.63) is 52.5 Å². The number of hydrogen-bond donors (Lipinski definition) is 1. The summed E-state index contributed by atoms with van der Waals surface area (Å²) >= 11 is 18.4. The third kappa shape index (κ3) is 3.83. The van der Waals surface area contributed by atoms with E-state index in [4.69, 9.17) is 11.6 Å². The van der Waals surface area contributed by atoms with Crippen molar-refractivity contribution in [2.24, 2.45) is 0 Å². The van der Waals surface area contributed by atoms with Gasteiger partial charge in [-0.15, -0.1) is 11.3 Å². The maximum atomic E-state index is 6.15. The molecule has 1 aromatic heterocycles. The van der Waals surface area contributed by atoms with Crippen molar-refractivity contribution in [1.82, 2.24) is 5.32 Å². The molecule has 1 atom stereocenters. The van der Waals surface area contributed by atoms with Gasteiger partial charge in [-0.2, -0.15) is 0 Å². The number of nitrogens with one attached hydrogen (secondary N) is 1. The van der Waals surface area contributed by atoms with Crippen LogP contribution in [-0.4, -0.2) is 6.54 Å². The van der Waals surface area contributed by atoms with Crippen LogP contribution in [-0.2, 0) is 0 Å². The smallest absolute Gasteiger partial charge is 0.0888 e. The third-order valence-corrected chi connectivity index (χ3v) is 6.38. The van der Waals surface area contributed by atoms with E-state index in [1.807, 2.05) is 18.2 Å². The molecule has 0 aliphatic rings. The highest BCUT2D eigenvalue weighted by Crippen LogP contribution is 2.39. The maximum absolute atomic E-state index is 6.15. The minimum absolute atomic E-state index is 0.130. The lowest BCUT2D eigenvalue weighted by Gasteiger charge is -2.18. The van der Waals surface area contributed by atoms with Crippen LogP contribution in [0.2, 0.25) is 5.02 Å². The molecule has 102 valence electrons. The second-order valence-electron chi connectivity index (χ2n) is 3.93. The quantitative estimate of drug-likeness (QED) is 0.526. The Balaban J connectivity index is 2.47. The highest BCUT2D eigenvalue weighted by molar-refractivity contribution is 9.11. The van der Waals surface area contributed by atoms with Crippen LogP contribution in [0.4, 0.5) is 0 Å². The topological polar surface area (TPSA) is 12.0 Å². The number of hydrogen-bond acceptors (Lipinski definition) is 2. The van der Waals surface area contributed by atoms with Gasteiger partial charge in [0.2, 0.25) is 0 Å². The average Bonchev–Trinajstić information content (AvgIpc) is 2.70. The molecule has 0 radical (unpaired) electrons. The van der Waals surface area contributed by atoms with Gasteiger partial charge < -0.3 is 5.32 Å². The predicted octanol–water partition coefficient (Wildman–Crippen LogP) is 6.39. The molecular formula is C13H11Br3ClNS. The SMILES string of the molecule is CCNC(c1cc(Cl)c(Br)s1)c1cc(Br)ccc1Br. The van der Waals surface area contributed by atoms with E-state index in [0.29, 0.717) is 0 Å². The highest BCUT2D eigenvalue weighted by atomic mass is 79.9. The van der Waals surface area contributed by atoms with E-state index in [9.17, 15) is 0 Å². The van der Waals surface area contributed by atoms with Crippen molar-refractivity contribution in [1.29, 1.82) is 0 Å². The van der Waals surface area contributed by atoms with E-state index < -0.39 is 0 Å². The first-order valence-electron chi connectivity index (χ1n) is 5.66. The van der Waals surface area contributed by atoms with Crippen molar-refractivity contribution >= 4 is 70.7 Å². The summed E-state index contributed by atoms with van der Waals surface area (Å²) in [6.45, 7) is 2.99. The summed E-state index contributed by atoms with van der Waals surface area (Å²) < 4.78 is 3.12. The minimum Gasteiger partial charge on any atom is -0.306 e. The Morgan fingerprint density at radius 1 is 1.26 bits per heavy atom. The van der Waals surface area contributed by atoms with Gasteiger partial charge >= 0.3 is 0 Å². The van der Waals surface area contributed by atoms with Crippen LogP contribution >= 0.6 is 70.7 Å². The van der Waals surface area contributed by atoms with Crippen LogP contribution in [0, 0.1) is 0 Å². The van der Waals surface area contributed by atoms with Crippen LogP contribution < -0.4 is 5.32 Å². The summed E-state index contributed by atoms with van der Waals surface area (Å²) in [6, 6.07) is 8.34. The number of benzene rings is 1. The molecule has 2 rings (SSSR count). The zero-order valence-electron chi connectivity index (χ0n) is 10.0. The van der Waals surface area contributed by atoms with Crippen LogP contribution in [0.3, 0.4) is 0 Å². The van der Waals surface area contributed by atoms with Gasteiger partial charge in [0.15, 0.2) is 0 Å². The molecular weight excluding hydrogens is 477 g/mol. The summed E-state index contributed by atoms with van der Waals surface area (Å²) in [5.41, 5.74) is 1.20. The van der Waals surface area contributed by atoms with Crippen LogP contribution in [0.1, 0.15) is 23.4 Å². The Labute approximate surface area is 147 Å². The number of thiophene rings is 1. The summed E-state index contributed by atoms with van der Waals surface area (Å²) in [5.74, 6) is 0. The molecule has 0 amide bonds. The van der Waals surface area contributed by atoms with E-state index in [2.05, 4.69) is 66.1 Å². The first kappa shape index (κ1) is 16.0. The fourth-order valence-corrected chi connectivity index (χ4v) is 4.51. The number of halogens is 4. The Bertz CT molecular complexity index is 566. The molecule has 1 nitrogen and oxygen atoms in total. The van der Waals surface area contributed by atoms with Gasteiger partial charge in [-0.05, 0) is 52.3 Å². The Morgan fingerprint density at radius 2 is 2.00 bits per heavy atom. The zero-order valence-corrected chi connectivity index (χ0v) is 16.3. The predicted molar refractivity (Wildman–Crippen MR) is 94.4 cm³/mol. The third-order valence-electron chi connectivity index (χ3n) is 2.63. The Kier molecular flexibility index (Phi) is 5.93. The molecule has 0 saturated carbocycles. The Hall–Kier alpha value is 0.610. The summed E-state index contributed by atoms with van der Waals surface area (Å²) in [5, 5.41) is 4.26. The monoisotopic (exact) mass is 485 g/mol. The molecule has 1 N–H and O–H groups in total. The van der Waals surface area contributed by atoms with Gasteiger partial charge in [0.1, 0.15) is 0 Å². The van der Waals surface area contributed by atoms with E-state index in [1.54, 1.807) is 11.3 Å². The largest absolute Gasteiger partial charge is 0.306 e. The molecule has 19 heavy (non-hydrogen) atoms. The standard InChI is InChI=1S/C13H11Br3ClNS/c1-2-18-12(11-6-10(17)13(16)19-11)8-5-7(14)3-4-9(8)15/h3-6,12,18H,2H2,1H3. The molecule has 2 aromatic rings. The Morgan fingerprint density at radius 3 is 2.58 bits per heavy atom. The summed E-state index contributed by atoms with van der Waals surface area (Å²) in [4.78, 5) is 1.19. The first-order valence-corrected chi connectivity index (χ1v) is 9.23. The van der Waals surface area contributed by atoms with Crippen LogP contribution in [0.25, 0.3) is 0 Å². The lowest BCUT2D eigenvalue weighted by Crippen LogP contribution is -2.21. The molecule has 0 bridgehead atoms. The molecule has 0 saturated heterocycles.